The van der Waals surface area contributed by atoms with Crippen LogP contribution in [0.1, 0.15) is 51.3 Å². The summed E-state index contributed by atoms with van der Waals surface area (Å²) in [5.41, 5.74) is 2.72. The van der Waals surface area contributed by atoms with Crippen molar-refractivity contribution in [1.29, 1.82) is 0 Å². The van der Waals surface area contributed by atoms with Crippen LogP contribution in [0.25, 0.3) is 0 Å². The van der Waals surface area contributed by atoms with Gasteiger partial charge in [0.15, 0.2) is 0 Å². The first-order valence-electron chi connectivity index (χ1n) is 6.37. The van der Waals surface area contributed by atoms with E-state index < -0.39 is 0 Å². The van der Waals surface area contributed by atoms with E-state index in [1.165, 1.54) is 22.6 Å². The number of thioether (sulfide) groups is 1. The van der Waals surface area contributed by atoms with Crippen molar-refractivity contribution in [3.8, 4) is 0 Å². The fourth-order valence-corrected chi connectivity index (χ4v) is 3.81. The molecule has 1 nitrogen and oxygen atoms in total. The molecule has 0 spiro atoms. The van der Waals surface area contributed by atoms with Gasteiger partial charge >= 0.3 is 0 Å². The minimum Gasteiger partial charge on any atom is -0.388 e. The normalized spacial score (nSPS) is 20.1. The van der Waals surface area contributed by atoms with Gasteiger partial charge in [-0.2, -0.15) is 0 Å². The Hall–Kier alpha value is -0.470. The lowest BCUT2D eigenvalue weighted by atomic mass is 9.80. The number of aliphatic hydroxyl groups is 1. The van der Waals surface area contributed by atoms with Gasteiger partial charge in [-0.1, -0.05) is 39.8 Å². The molecule has 0 saturated carbocycles. The summed E-state index contributed by atoms with van der Waals surface area (Å²) in [4.78, 5) is 1.39. The van der Waals surface area contributed by atoms with E-state index in [1.807, 2.05) is 11.8 Å². The standard InChI is InChI=1S/C15H22OS/c1-10(2)14(16)11-5-6-13-12(9-11)15(3,4)7-8-17-13/h5-6,9-10,14,16H,7-8H2,1-4H3. The first kappa shape index (κ1) is 13.0. The molecule has 0 aliphatic carbocycles. The lowest BCUT2D eigenvalue weighted by Gasteiger charge is -2.33. The van der Waals surface area contributed by atoms with Gasteiger partial charge in [0.2, 0.25) is 0 Å². The van der Waals surface area contributed by atoms with E-state index in [4.69, 9.17) is 0 Å². The van der Waals surface area contributed by atoms with Gasteiger partial charge in [0, 0.05) is 4.90 Å². The number of benzene rings is 1. The molecule has 0 fully saturated rings. The highest BCUT2D eigenvalue weighted by atomic mass is 32.2. The molecule has 1 heterocycles. The van der Waals surface area contributed by atoms with E-state index in [1.54, 1.807) is 0 Å². The maximum atomic E-state index is 10.2. The molecule has 0 aromatic heterocycles. The zero-order chi connectivity index (χ0) is 12.6. The first-order chi connectivity index (χ1) is 7.92. The van der Waals surface area contributed by atoms with Crippen molar-refractivity contribution in [3.05, 3.63) is 29.3 Å². The quantitative estimate of drug-likeness (QED) is 0.851. The molecule has 1 unspecified atom stereocenters. The van der Waals surface area contributed by atoms with Crippen LogP contribution in [-0.2, 0) is 5.41 Å². The molecule has 2 heteroatoms. The molecule has 1 atom stereocenters. The van der Waals surface area contributed by atoms with E-state index >= 15 is 0 Å². The summed E-state index contributed by atoms with van der Waals surface area (Å²) in [6.45, 7) is 8.72. The summed E-state index contributed by atoms with van der Waals surface area (Å²) in [7, 11) is 0. The zero-order valence-electron chi connectivity index (χ0n) is 11.2. The third kappa shape index (κ3) is 2.53. The second-order valence-electron chi connectivity index (χ2n) is 5.93. The van der Waals surface area contributed by atoms with Crippen LogP contribution in [0.3, 0.4) is 0 Å². The van der Waals surface area contributed by atoms with Crippen molar-refractivity contribution in [2.24, 2.45) is 5.92 Å². The molecule has 0 saturated heterocycles. The van der Waals surface area contributed by atoms with Gasteiger partial charge in [0.25, 0.3) is 0 Å². The van der Waals surface area contributed by atoms with E-state index in [-0.39, 0.29) is 17.4 Å². The summed E-state index contributed by atoms with van der Waals surface area (Å²) >= 11 is 1.94. The van der Waals surface area contributed by atoms with Crippen molar-refractivity contribution < 1.29 is 5.11 Å². The fourth-order valence-electron chi connectivity index (χ4n) is 2.32. The largest absolute Gasteiger partial charge is 0.388 e. The molecule has 1 aromatic rings. The summed E-state index contributed by atoms with van der Waals surface area (Å²) in [6, 6.07) is 6.48. The van der Waals surface area contributed by atoms with E-state index in [2.05, 4.69) is 45.9 Å². The third-order valence-electron chi connectivity index (χ3n) is 3.69. The Kier molecular flexibility index (Phi) is 3.55. The number of hydrogen-bond donors (Lipinski definition) is 1. The van der Waals surface area contributed by atoms with Crippen LogP contribution in [0.5, 0.6) is 0 Å². The van der Waals surface area contributed by atoms with E-state index in [9.17, 15) is 5.11 Å². The maximum Gasteiger partial charge on any atom is 0.0813 e. The molecule has 2 rings (SSSR count). The number of rotatable bonds is 2. The molecule has 94 valence electrons. The molecule has 0 amide bonds. The Morgan fingerprint density at radius 2 is 2.00 bits per heavy atom. The van der Waals surface area contributed by atoms with Crippen molar-refractivity contribution in [3.63, 3.8) is 0 Å². The predicted octanol–water partition coefficient (Wildman–Crippen LogP) is 4.15. The summed E-state index contributed by atoms with van der Waals surface area (Å²) in [6.07, 6.45) is 0.870. The second-order valence-corrected chi connectivity index (χ2v) is 7.06. The molecule has 1 aliphatic rings. The Morgan fingerprint density at radius 1 is 1.29 bits per heavy atom. The molecular formula is C15H22OS. The number of fused-ring (bicyclic) bond motifs is 1. The summed E-state index contributed by atoms with van der Waals surface area (Å²) in [5.74, 6) is 1.47. The van der Waals surface area contributed by atoms with Crippen LogP contribution in [0.15, 0.2) is 23.1 Å². The maximum absolute atomic E-state index is 10.2. The van der Waals surface area contributed by atoms with Crippen molar-refractivity contribution >= 4 is 11.8 Å². The van der Waals surface area contributed by atoms with Crippen molar-refractivity contribution in [2.75, 3.05) is 5.75 Å². The van der Waals surface area contributed by atoms with Crippen LogP contribution in [-0.4, -0.2) is 10.9 Å². The lowest BCUT2D eigenvalue weighted by molar-refractivity contribution is 0.126. The van der Waals surface area contributed by atoms with Crippen LogP contribution in [0.4, 0.5) is 0 Å². The summed E-state index contributed by atoms with van der Waals surface area (Å²) < 4.78 is 0. The van der Waals surface area contributed by atoms with Gasteiger partial charge in [-0.3, -0.25) is 0 Å². The highest BCUT2D eigenvalue weighted by molar-refractivity contribution is 7.99. The van der Waals surface area contributed by atoms with Crippen LogP contribution in [0, 0.1) is 5.92 Å². The minimum atomic E-state index is -0.344. The van der Waals surface area contributed by atoms with Crippen LogP contribution < -0.4 is 0 Å². The SMILES string of the molecule is CC(C)C(O)c1ccc2c(c1)C(C)(C)CCS2. The highest BCUT2D eigenvalue weighted by Gasteiger charge is 2.28. The molecule has 1 aromatic carbocycles. The first-order valence-corrected chi connectivity index (χ1v) is 7.35. The predicted molar refractivity (Wildman–Crippen MR) is 74.6 cm³/mol. The van der Waals surface area contributed by atoms with E-state index in [0.717, 1.165) is 5.56 Å². The second kappa shape index (κ2) is 4.66. The van der Waals surface area contributed by atoms with Gasteiger partial charge in [-0.15, -0.1) is 11.8 Å². The average Bonchev–Trinajstić information content (AvgIpc) is 2.27. The molecule has 0 radical (unpaired) electrons. The number of aliphatic hydroxyl groups excluding tert-OH is 1. The molecule has 1 N–H and O–H groups in total. The van der Waals surface area contributed by atoms with Gasteiger partial charge < -0.3 is 5.11 Å². The van der Waals surface area contributed by atoms with Gasteiger partial charge in [-0.25, -0.2) is 0 Å². The van der Waals surface area contributed by atoms with E-state index in [0.29, 0.717) is 0 Å². The number of hydrogen-bond acceptors (Lipinski definition) is 2. The molecular weight excluding hydrogens is 228 g/mol. The average molecular weight is 250 g/mol. The van der Waals surface area contributed by atoms with Gasteiger partial charge in [0.05, 0.1) is 6.10 Å². The Morgan fingerprint density at radius 3 is 2.65 bits per heavy atom. The minimum absolute atomic E-state index is 0.243. The fraction of sp³-hybridized carbons (Fsp3) is 0.600. The Balaban J connectivity index is 2.41. The zero-order valence-corrected chi connectivity index (χ0v) is 12.0. The van der Waals surface area contributed by atoms with Gasteiger partial charge in [-0.05, 0) is 40.7 Å². The smallest absolute Gasteiger partial charge is 0.0813 e. The molecule has 17 heavy (non-hydrogen) atoms. The van der Waals surface area contributed by atoms with Crippen LogP contribution >= 0.6 is 11.8 Å². The van der Waals surface area contributed by atoms with Gasteiger partial charge in [0.1, 0.15) is 0 Å². The highest BCUT2D eigenvalue weighted by Crippen LogP contribution is 2.42. The lowest BCUT2D eigenvalue weighted by Crippen LogP contribution is -2.23. The van der Waals surface area contributed by atoms with Crippen molar-refractivity contribution in [1.82, 2.24) is 0 Å². The van der Waals surface area contributed by atoms with Crippen LogP contribution in [0.2, 0.25) is 0 Å². The Bertz CT molecular complexity index is 409. The molecule has 1 aliphatic heterocycles. The molecule has 0 bridgehead atoms. The topological polar surface area (TPSA) is 20.2 Å². The van der Waals surface area contributed by atoms with Crippen molar-refractivity contribution in [2.45, 2.75) is 50.5 Å². The monoisotopic (exact) mass is 250 g/mol. The third-order valence-corrected chi connectivity index (χ3v) is 4.77. The summed E-state index contributed by atoms with van der Waals surface area (Å²) in [5, 5.41) is 10.2. The Labute approximate surface area is 109 Å².